The average Bonchev–Trinajstić information content (AvgIpc) is 2.46. The van der Waals surface area contributed by atoms with E-state index in [4.69, 9.17) is 19.9 Å². The zero-order valence-corrected chi connectivity index (χ0v) is 11.5. The van der Waals surface area contributed by atoms with Crippen molar-refractivity contribution in [2.75, 3.05) is 32.3 Å². The number of ether oxygens (including phenoxy) is 3. The van der Waals surface area contributed by atoms with Gasteiger partial charge in [-0.3, -0.25) is 0 Å². The number of methoxy groups -OCH3 is 2. The molecule has 0 aromatic heterocycles. The molecule has 2 N–H and O–H groups in total. The first kappa shape index (κ1) is 13.5. The molecule has 2 unspecified atom stereocenters. The third-order valence-electron chi connectivity index (χ3n) is 3.03. The first-order valence-corrected chi connectivity index (χ1v) is 7.08. The Kier molecular flexibility index (Phi) is 4.74. The monoisotopic (exact) mass is 269 g/mol. The summed E-state index contributed by atoms with van der Waals surface area (Å²) < 4.78 is 16.2. The van der Waals surface area contributed by atoms with Gasteiger partial charge < -0.3 is 19.9 Å². The van der Waals surface area contributed by atoms with E-state index in [0.29, 0.717) is 11.5 Å². The Morgan fingerprint density at radius 1 is 1.33 bits per heavy atom. The van der Waals surface area contributed by atoms with Crippen LogP contribution in [0.5, 0.6) is 11.5 Å². The summed E-state index contributed by atoms with van der Waals surface area (Å²) in [6.07, 6.45) is 0.0712. The van der Waals surface area contributed by atoms with Crippen molar-refractivity contribution in [2.45, 2.75) is 12.1 Å². The van der Waals surface area contributed by atoms with E-state index in [2.05, 4.69) is 0 Å². The Bertz CT molecular complexity index is 394. The molecule has 18 heavy (non-hydrogen) atoms. The van der Waals surface area contributed by atoms with Gasteiger partial charge in [0.2, 0.25) is 0 Å². The van der Waals surface area contributed by atoms with Crippen molar-refractivity contribution >= 4 is 11.8 Å². The molecular formula is C13H19NO3S. The van der Waals surface area contributed by atoms with Gasteiger partial charge in [0.15, 0.2) is 11.5 Å². The predicted molar refractivity (Wildman–Crippen MR) is 73.5 cm³/mol. The smallest absolute Gasteiger partial charge is 0.161 e. The molecule has 1 heterocycles. The van der Waals surface area contributed by atoms with E-state index < -0.39 is 0 Å². The first-order valence-electron chi connectivity index (χ1n) is 5.93. The zero-order chi connectivity index (χ0) is 13.0. The fourth-order valence-electron chi connectivity index (χ4n) is 1.99. The fraction of sp³-hybridized carbons (Fsp3) is 0.538. The molecule has 1 aliphatic rings. The van der Waals surface area contributed by atoms with Crippen molar-refractivity contribution in [3.8, 4) is 11.5 Å². The van der Waals surface area contributed by atoms with E-state index in [-0.39, 0.29) is 12.1 Å². The summed E-state index contributed by atoms with van der Waals surface area (Å²) in [5.74, 6) is 3.41. The molecule has 1 aromatic rings. The lowest BCUT2D eigenvalue weighted by molar-refractivity contribution is 0.0569. The number of hydrogen-bond donors (Lipinski definition) is 1. The Morgan fingerprint density at radius 2 is 2.11 bits per heavy atom. The highest BCUT2D eigenvalue weighted by atomic mass is 32.2. The van der Waals surface area contributed by atoms with Crippen molar-refractivity contribution in [1.82, 2.24) is 0 Å². The van der Waals surface area contributed by atoms with Crippen LogP contribution in [-0.4, -0.2) is 38.4 Å². The molecule has 5 heteroatoms. The van der Waals surface area contributed by atoms with E-state index in [9.17, 15) is 0 Å². The second kappa shape index (κ2) is 6.31. The van der Waals surface area contributed by atoms with E-state index >= 15 is 0 Å². The fourth-order valence-corrected chi connectivity index (χ4v) is 2.90. The van der Waals surface area contributed by atoms with Gasteiger partial charge in [0, 0.05) is 11.5 Å². The highest BCUT2D eigenvalue weighted by Crippen LogP contribution is 2.31. The van der Waals surface area contributed by atoms with Gasteiger partial charge in [0.05, 0.1) is 33.0 Å². The van der Waals surface area contributed by atoms with Gasteiger partial charge in [-0.05, 0) is 17.7 Å². The Morgan fingerprint density at radius 3 is 2.72 bits per heavy atom. The van der Waals surface area contributed by atoms with Gasteiger partial charge in [-0.1, -0.05) is 6.07 Å². The van der Waals surface area contributed by atoms with E-state index in [1.54, 1.807) is 14.2 Å². The van der Waals surface area contributed by atoms with Gasteiger partial charge in [-0.2, -0.15) is 11.8 Å². The lowest BCUT2D eigenvalue weighted by Crippen LogP contribution is -2.34. The van der Waals surface area contributed by atoms with Crippen molar-refractivity contribution < 1.29 is 14.2 Å². The number of rotatable bonds is 4. The summed E-state index contributed by atoms with van der Waals surface area (Å²) in [7, 11) is 3.25. The second-order valence-corrected chi connectivity index (χ2v) is 5.27. The van der Waals surface area contributed by atoms with Crippen molar-refractivity contribution in [3.63, 3.8) is 0 Å². The SMILES string of the molecule is COc1ccc(C(N)C2CSCCO2)cc1OC. The molecule has 0 amide bonds. The lowest BCUT2D eigenvalue weighted by atomic mass is 10.0. The summed E-state index contributed by atoms with van der Waals surface area (Å²) in [5.41, 5.74) is 7.26. The highest BCUT2D eigenvalue weighted by molar-refractivity contribution is 7.99. The molecule has 100 valence electrons. The summed E-state index contributed by atoms with van der Waals surface area (Å²) in [5, 5.41) is 0. The molecule has 1 aromatic carbocycles. The van der Waals surface area contributed by atoms with E-state index in [1.165, 1.54) is 0 Å². The number of benzene rings is 1. The minimum atomic E-state index is -0.127. The third-order valence-corrected chi connectivity index (χ3v) is 4.05. The molecular weight excluding hydrogens is 250 g/mol. The van der Waals surface area contributed by atoms with Crippen molar-refractivity contribution in [1.29, 1.82) is 0 Å². The number of hydrogen-bond acceptors (Lipinski definition) is 5. The van der Waals surface area contributed by atoms with Crippen LogP contribution in [0.15, 0.2) is 18.2 Å². The van der Waals surface area contributed by atoms with Crippen LogP contribution in [-0.2, 0) is 4.74 Å². The van der Waals surface area contributed by atoms with Crippen molar-refractivity contribution in [2.24, 2.45) is 5.73 Å². The van der Waals surface area contributed by atoms with E-state index in [1.807, 2.05) is 30.0 Å². The molecule has 2 atom stereocenters. The van der Waals surface area contributed by atoms with Crippen LogP contribution >= 0.6 is 11.8 Å². The molecule has 0 aliphatic carbocycles. The molecule has 0 saturated carbocycles. The summed E-state index contributed by atoms with van der Waals surface area (Å²) >= 11 is 1.88. The minimum Gasteiger partial charge on any atom is -0.493 e. The molecule has 4 nitrogen and oxygen atoms in total. The van der Waals surface area contributed by atoms with Crippen LogP contribution in [0.25, 0.3) is 0 Å². The van der Waals surface area contributed by atoms with Gasteiger partial charge in [0.1, 0.15) is 0 Å². The van der Waals surface area contributed by atoms with Crippen LogP contribution < -0.4 is 15.2 Å². The molecule has 2 rings (SSSR count). The maximum Gasteiger partial charge on any atom is 0.161 e. The van der Waals surface area contributed by atoms with Gasteiger partial charge >= 0.3 is 0 Å². The Hall–Kier alpha value is -0.910. The summed E-state index contributed by atoms with van der Waals surface area (Å²) in [6.45, 7) is 0.774. The Balaban J connectivity index is 2.16. The van der Waals surface area contributed by atoms with Crippen LogP contribution in [0, 0.1) is 0 Å². The lowest BCUT2D eigenvalue weighted by Gasteiger charge is -2.28. The predicted octanol–water partition coefficient (Wildman–Crippen LogP) is 1.84. The van der Waals surface area contributed by atoms with Crippen LogP contribution in [0.1, 0.15) is 11.6 Å². The molecule has 0 radical (unpaired) electrons. The molecule has 1 fully saturated rings. The molecule has 1 saturated heterocycles. The van der Waals surface area contributed by atoms with Crippen LogP contribution in [0.3, 0.4) is 0 Å². The largest absolute Gasteiger partial charge is 0.493 e. The van der Waals surface area contributed by atoms with Crippen LogP contribution in [0.2, 0.25) is 0 Å². The van der Waals surface area contributed by atoms with Crippen LogP contribution in [0.4, 0.5) is 0 Å². The summed E-state index contributed by atoms with van der Waals surface area (Å²) in [4.78, 5) is 0. The number of thioether (sulfide) groups is 1. The maximum atomic E-state index is 6.25. The molecule has 1 aliphatic heterocycles. The van der Waals surface area contributed by atoms with Gasteiger partial charge in [-0.25, -0.2) is 0 Å². The zero-order valence-electron chi connectivity index (χ0n) is 10.7. The summed E-state index contributed by atoms with van der Waals surface area (Å²) in [6, 6.07) is 5.64. The molecule has 0 bridgehead atoms. The Labute approximate surface area is 112 Å². The minimum absolute atomic E-state index is 0.0712. The quantitative estimate of drug-likeness (QED) is 0.904. The highest BCUT2D eigenvalue weighted by Gasteiger charge is 2.23. The van der Waals surface area contributed by atoms with Crippen molar-refractivity contribution in [3.05, 3.63) is 23.8 Å². The topological polar surface area (TPSA) is 53.7 Å². The average molecular weight is 269 g/mol. The first-order chi connectivity index (χ1) is 8.76. The molecule has 0 spiro atoms. The standard InChI is InChI=1S/C13H19NO3S/c1-15-10-4-3-9(7-11(10)16-2)13(14)12-8-18-6-5-17-12/h3-4,7,12-13H,5-6,8,14H2,1-2H3. The number of nitrogens with two attached hydrogens (primary N) is 1. The maximum absolute atomic E-state index is 6.25. The van der Waals surface area contributed by atoms with Gasteiger partial charge in [-0.15, -0.1) is 0 Å². The van der Waals surface area contributed by atoms with Gasteiger partial charge in [0.25, 0.3) is 0 Å². The second-order valence-electron chi connectivity index (χ2n) is 4.12. The van der Waals surface area contributed by atoms with E-state index in [0.717, 1.165) is 23.7 Å². The normalized spacial score (nSPS) is 21.4. The third kappa shape index (κ3) is 2.91.